The van der Waals surface area contributed by atoms with E-state index in [0.29, 0.717) is 30.8 Å². The summed E-state index contributed by atoms with van der Waals surface area (Å²) in [7, 11) is 0. The van der Waals surface area contributed by atoms with Gasteiger partial charge in [0, 0.05) is 19.0 Å². The van der Waals surface area contributed by atoms with Crippen LogP contribution in [-0.4, -0.2) is 18.5 Å². The van der Waals surface area contributed by atoms with Crippen molar-refractivity contribution in [2.45, 2.75) is 53.0 Å². The Morgan fingerprint density at radius 3 is 1.93 bits per heavy atom. The van der Waals surface area contributed by atoms with Crippen molar-refractivity contribution in [1.82, 2.24) is 5.32 Å². The molecule has 0 bridgehead atoms. The Hall–Kier alpha value is -0.570. The van der Waals surface area contributed by atoms with Gasteiger partial charge in [-0.2, -0.15) is 0 Å². The van der Waals surface area contributed by atoms with Crippen LogP contribution >= 0.6 is 0 Å². The molecule has 3 nitrogen and oxygen atoms in total. The van der Waals surface area contributed by atoms with Gasteiger partial charge >= 0.3 is 0 Å². The zero-order chi connectivity index (χ0) is 11.8. The lowest BCUT2D eigenvalue weighted by molar-refractivity contribution is -0.117. The Kier molecular flexibility index (Phi) is 7.39. The average molecular weight is 214 g/mol. The highest BCUT2D eigenvalue weighted by Gasteiger charge is 2.12. The summed E-state index contributed by atoms with van der Waals surface area (Å²) in [5, 5.41) is 3.41. The highest BCUT2D eigenvalue weighted by Crippen LogP contribution is 2.13. The lowest BCUT2D eigenvalue weighted by Crippen LogP contribution is -2.34. The molecule has 0 saturated heterocycles. The van der Waals surface area contributed by atoms with E-state index in [1.165, 1.54) is 0 Å². The van der Waals surface area contributed by atoms with Crippen LogP contribution in [0, 0.1) is 11.8 Å². The van der Waals surface area contributed by atoms with E-state index >= 15 is 0 Å². The normalized spacial score (nSPS) is 11.7. The number of rotatable bonds is 8. The van der Waals surface area contributed by atoms with Gasteiger partial charge in [-0.25, -0.2) is 0 Å². The number of primary amides is 1. The molecule has 0 heterocycles. The molecule has 90 valence electrons. The highest BCUT2D eigenvalue weighted by molar-refractivity contribution is 5.73. The van der Waals surface area contributed by atoms with Crippen LogP contribution in [0.3, 0.4) is 0 Å². The summed E-state index contributed by atoms with van der Waals surface area (Å²) in [5.74, 6) is 1.15. The van der Waals surface area contributed by atoms with Crippen LogP contribution < -0.4 is 11.1 Å². The van der Waals surface area contributed by atoms with E-state index in [1.807, 2.05) is 0 Å². The van der Waals surface area contributed by atoms with Gasteiger partial charge in [0.15, 0.2) is 0 Å². The Labute approximate surface area is 93.8 Å². The van der Waals surface area contributed by atoms with Gasteiger partial charge in [-0.1, -0.05) is 27.7 Å². The van der Waals surface area contributed by atoms with Crippen molar-refractivity contribution in [2.24, 2.45) is 17.6 Å². The smallest absolute Gasteiger partial charge is 0.218 e. The van der Waals surface area contributed by atoms with Crippen LogP contribution in [0.4, 0.5) is 0 Å². The van der Waals surface area contributed by atoms with Crippen molar-refractivity contribution in [3.8, 4) is 0 Å². The maximum Gasteiger partial charge on any atom is 0.218 e. The van der Waals surface area contributed by atoms with Gasteiger partial charge in [-0.3, -0.25) is 4.79 Å². The molecule has 3 N–H and O–H groups in total. The molecule has 0 atom stereocenters. The molecule has 0 rings (SSSR count). The van der Waals surface area contributed by atoms with Crippen molar-refractivity contribution >= 4 is 5.91 Å². The number of hydrogen-bond acceptors (Lipinski definition) is 2. The number of carbonyl (C=O) groups is 1. The molecule has 0 fully saturated rings. The SMILES string of the molecule is CC(C)CC(CC(C)C)NCCC(N)=O. The molecule has 0 saturated carbocycles. The molecular formula is C12H26N2O. The second kappa shape index (κ2) is 7.69. The van der Waals surface area contributed by atoms with E-state index in [-0.39, 0.29) is 5.91 Å². The Bertz CT molecular complexity index is 168. The topological polar surface area (TPSA) is 55.1 Å². The number of amides is 1. The van der Waals surface area contributed by atoms with Gasteiger partial charge in [0.2, 0.25) is 5.91 Å². The molecule has 3 heteroatoms. The fraction of sp³-hybridized carbons (Fsp3) is 0.917. The minimum atomic E-state index is -0.227. The number of hydrogen-bond donors (Lipinski definition) is 2. The minimum Gasteiger partial charge on any atom is -0.370 e. The second-order valence-corrected chi connectivity index (χ2v) is 5.13. The van der Waals surface area contributed by atoms with Gasteiger partial charge < -0.3 is 11.1 Å². The summed E-state index contributed by atoms with van der Waals surface area (Å²) in [6.45, 7) is 9.61. The van der Waals surface area contributed by atoms with Crippen LogP contribution in [0.25, 0.3) is 0 Å². The largest absolute Gasteiger partial charge is 0.370 e. The molecule has 0 unspecified atom stereocenters. The van der Waals surface area contributed by atoms with E-state index in [4.69, 9.17) is 5.73 Å². The third-order valence-corrected chi connectivity index (χ3v) is 2.32. The van der Waals surface area contributed by atoms with E-state index in [1.54, 1.807) is 0 Å². The van der Waals surface area contributed by atoms with E-state index in [9.17, 15) is 4.79 Å². The fourth-order valence-electron chi connectivity index (χ4n) is 1.80. The van der Waals surface area contributed by atoms with Crippen LogP contribution in [-0.2, 0) is 4.79 Å². The molecule has 0 spiro atoms. The quantitative estimate of drug-likeness (QED) is 0.648. The minimum absolute atomic E-state index is 0.227. The standard InChI is InChI=1S/C12H26N2O/c1-9(2)7-11(8-10(3)4)14-6-5-12(13)15/h9-11,14H,5-8H2,1-4H3,(H2,13,15). The lowest BCUT2D eigenvalue weighted by Gasteiger charge is -2.22. The van der Waals surface area contributed by atoms with Gasteiger partial charge in [0.1, 0.15) is 0 Å². The Morgan fingerprint density at radius 1 is 1.13 bits per heavy atom. The predicted molar refractivity (Wildman–Crippen MR) is 64.5 cm³/mol. The molecule has 0 aromatic carbocycles. The zero-order valence-electron chi connectivity index (χ0n) is 10.5. The molecule has 1 amide bonds. The van der Waals surface area contributed by atoms with Crippen molar-refractivity contribution < 1.29 is 4.79 Å². The summed E-state index contributed by atoms with van der Waals surface area (Å²) < 4.78 is 0. The van der Waals surface area contributed by atoms with Crippen molar-refractivity contribution in [3.63, 3.8) is 0 Å². The zero-order valence-corrected chi connectivity index (χ0v) is 10.5. The summed E-state index contributed by atoms with van der Waals surface area (Å²) in [6.07, 6.45) is 2.76. The number of nitrogens with two attached hydrogens (primary N) is 1. The molecular weight excluding hydrogens is 188 g/mol. The Morgan fingerprint density at radius 2 is 1.60 bits per heavy atom. The maximum atomic E-state index is 10.6. The van der Waals surface area contributed by atoms with Crippen LogP contribution in [0.2, 0.25) is 0 Å². The molecule has 15 heavy (non-hydrogen) atoms. The van der Waals surface area contributed by atoms with Crippen molar-refractivity contribution in [3.05, 3.63) is 0 Å². The second-order valence-electron chi connectivity index (χ2n) is 5.13. The molecule has 0 radical (unpaired) electrons. The highest BCUT2D eigenvalue weighted by atomic mass is 16.1. The monoisotopic (exact) mass is 214 g/mol. The van der Waals surface area contributed by atoms with Crippen LogP contribution in [0.5, 0.6) is 0 Å². The van der Waals surface area contributed by atoms with E-state index in [0.717, 1.165) is 12.8 Å². The van der Waals surface area contributed by atoms with Gasteiger partial charge in [0.25, 0.3) is 0 Å². The van der Waals surface area contributed by atoms with Gasteiger partial charge in [-0.05, 0) is 24.7 Å². The average Bonchev–Trinajstić information content (AvgIpc) is 2.00. The third-order valence-electron chi connectivity index (χ3n) is 2.32. The molecule has 0 aliphatic heterocycles. The summed E-state index contributed by atoms with van der Waals surface area (Å²) >= 11 is 0. The summed E-state index contributed by atoms with van der Waals surface area (Å²) in [6, 6.07) is 0.518. The first-order valence-electron chi connectivity index (χ1n) is 5.93. The first kappa shape index (κ1) is 14.4. The van der Waals surface area contributed by atoms with E-state index < -0.39 is 0 Å². The predicted octanol–water partition coefficient (Wildman–Crippen LogP) is 1.91. The first-order valence-corrected chi connectivity index (χ1v) is 5.93. The lowest BCUT2D eigenvalue weighted by atomic mass is 9.95. The van der Waals surface area contributed by atoms with Crippen LogP contribution in [0.1, 0.15) is 47.0 Å². The Balaban J connectivity index is 3.84. The fourth-order valence-corrected chi connectivity index (χ4v) is 1.80. The molecule has 0 aliphatic rings. The maximum absolute atomic E-state index is 10.6. The van der Waals surface area contributed by atoms with Crippen molar-refractivity contribution in [2.75, 3.05) is 6.54 Å². The van der Waals surface area contributed by atoms with Crippen molar-refractivity contribution in [1.29, 1.82) is 0 Å². The van der Waals surface area contributed by atoms with Gasteiger partial charge in [-0.15, -0.1) is 0 Å². The first-order chi connectivity index (χ1) is 6.91. The third kappa shape index (κ3) is 9.73. The van der Waals surface area contributed by atoms with Crippen LogP contribution in [0.15, 0.2) is 0 Å². The molecule has 0 aromatic heterocycles. The number of nitrogens with one attached hydrogen (secondary N) is 1. The van der Waals surface area contributed by atoms with E-state index in [2.05, 4.69) is 33.0 Å². The van der Waals surface area contributed by atoms with Gasteiger partial charge in [0.05, 0.1) is 0 Å². The summed E-state index contributed by atoms with van der Waals surface area (Å²) in [5.41, 5.74) is 5.10. The molecule has 0 aliphatic carbocycles. The summed E-state index contributed by atoms with van der Waals surface area (Å²) in [4.78, 5) is 10.6. The molecule has 0 aromatic rings. The number of carbonyl (C=O) groups excluding carboxylic acids is 1.